The maximum absolute atomic E-state index is 11.7. The van der Waals surface area contributed by atoms with Crippen LogP contribution in [0, 0.1) is 18.8 Å². The molecule has 2 fully saturated rings. The van der Waals surface area contributed by atoms with Crippen LogP contribution in [0.2, 0.25) is 0 Å². The number of fused-ring (bicyclic) bond motifs is 1. The number of hydrogen-bond acceptors (Lipinski definition) is 8. The van der Waals surface area contributed by atoms with Gasteiger partial charge >= 0.3 is 0 Å². The van der Waals surface area contributed by atoms with Crippen molar-refractivity contribution in [1.82, 2.24) is 30.4 Å². The van der Waals surface area contributed by atoms with E-state index in [-0.39, 0.29) is 11.9 Å². The number of anilines is 1. The van der Waals surface area contributed by atoms with Gasteiger partial charge in [0, 0.05) is 51.0 Å². The van der Waals surface area contributed by atoms with E-state index >= 15 is 0 Å². The highest BCUT2D eigenvalue weighted by Gasteiger charge is 2.27. The Kier molecular flexibility index (Phi) is 12.2. The molecular weight excluding hydrogens is 508 g/mol. The third kappa shape index (κ3) is 9.57. The lowest BCUT2D eigenvalue weighted by Crippen LogP contribution is -2.45. The van der Waals surface area contributed by atoms with Crippen LogP contribution in [0.5, 0.6) is 0 Å². The third-order valence-electron chi connectivity index (χ3n) is 6.89. The van der Waals surface area contributed by atoms with Crippen LogP contribution in [0.1, 0.15) is 61.6 Å². The molecule has 216 valence electrons. The fourth-order valence-corrected chi connectivity index (χ4v) is 4.62. The number of rotatable bonds is 6. The van der Waals surface area contributed by atoms with E-state index in [0.29, 0.717) is 29.9 Å². The third-order valence-corrected chi connectivity index (χ3v) is 6.89. The molecule has 1 aliphatic carbocycles. The molecule has 2 aromatic heterocycles. The smallest absolute Gasteiger partial charge is 0.269 e. The Bertz CT molecular complexity index is 1150. The molecule has 0 spiro atoms. The molecule has 2 atom stereocenters. The van der Waals surface area contributed by atoms with Gasteiger partial charge in [-0.05, 0) is 70.0 Å². The highest BCUT2D eigenvalue weighted by molar-refractivity contribution is 6.07. The first-order valence-corrected chi connectivity index (χ1v) is 13.9. The van der Waals surface area contributed by atoms with E-state index < -0.39 is 0 Å². The van der Waals surface area contributed by atoms with Gasteiger partial charge in [0.2, 0.25) is 6.41 Å². The lowest BCUT2D eigenvalue weighted by Gasteiger charge is -2.32. The Labute approximate surface area is 236 Å². The molecule has 3 aliphatic rings. The van der Waals surface area contributed by atoms with Gasteiger partial charge in [0.25, 0.3) is 5.91 Å². The molecule has 2 amide bonds. The van der Waals surface area contributed by atoms with Crippen LogP contribution in [-0.2, 0) is 4.79 Å². The summed E-state index contributed by atoms with van der Waals surface area (Å²) in [5.41, 5.74) is 4.37. The number of aromatic nitrogens is 3. The van der Waals surface area contributed by atoms with Gasteiger partial charge < -0.3 is 20.9 Å². The molecule has 0 radical (unpaired) electrons. The second kappa shape index (κ2) is 16.1. The Hall–Kier alpha value is -4.11. The summed E-state index contributed by atoms with van der Waals surface area (Å²) in [4.78, 5) is 33.6. The maximum Gasteiger partial charge on any atom is 0.269 e. The predicted molar refractivity (Wildman–Crippen MR) is 159 cm³/mol. The standard InChI is InChI=1S/C16H22N8O.C10H18N2O.C2H2/c1-11-5-3-7-18-15(13-6-4-8-24(13)20-10-19-11)21-14-9-12(22-23-14)16(25)17-2;13-8-11-10-2-1-5-12(7-10)6-9-3-4-9;1-2/h4,6,8-11H,3,5,7H2,1-2H3,(H,17,25)(H,19,20)(H2,18,21,22,23);8-10H,1-7H2,(H,11,13);1-2H/t11-;;/m0../s1. The fraction of sp³-hybridized carbons (Fsp3) is 0.536. The van der Waals surface area contributed by atoms with Crippen molar-refractivity contribution < 1.29 is 9.59 Å². The van der Waals surface area contributed by atoms with Gasteiger partial charge in [-0.3, -0.25) is 34.8 Å². The highest BCUT2D eigenvalue weighted by Crippen LogP contribution is 2.30. The van der Waals surface area contributed by atoms with Crippen molar-refractivity contribution in [2.75, 3.05) is 44.0 Å². The van der Waals surface area contributed by atoms with Crippen LogP contribution < -0.4 is 21.4 Å². The molecular formula is C28H42N10O2. The number of hydrogen-bond donors (Lipinski definition) is 5. The summed E-state index contributed by atoms with van der Waals surface area (Å²) in [7, 11) is 1.58. The van der Waals surface area contributed by atoms with Gasteiger partial charge in [0.1, 0.15) is 17.7 Å². The second-order valence-corrected chi connectivity index (χ2v) is 10.1. The fourth-order valence-electron chi connectivity index (χ4n) is 4.62. The molecule has 1 saturated heterocycles. The number of aromatic amines is 1. The number of nitrogens with zero attached hydrogens (tertiary/aromatic N) is 5. The van der Waals surface area contributed by atoms with Gasteiger partial charge in [0.15, 0.2) is 11.7 Å². The van der Waals surface area contributed by atoms with Crippen molar-refractivity contribution in [2.24, 2.45) is 15.9 Å². The molecule has 12 heteroatoms. The number of H-pyrrole nitrogens is 1. The van der Waals surface area contributed by atoms with Crippen LogP contribution in [0.25, 0.3) is 0 Å². The zero-order valence-electron chi connectivity index (χ0n) is 23.5. The number of aliphatic imine (C=N–C) groups is 2. The van der Waals surface area contributed by atoms with Crippen LogP contribution in [0.3, 0.4) is 0 Å². The average molecular weight is 551 g/mol. The van der Waals surface area contributed by atoms with Crippen molar-refractivity contribution in [1.29, 1.82) is 0 Å². The maximum atomic E-state index is 11.7. The van der Waals surface area contributed by atoms with Crippen LogP contribution >= 0.6 is 0 Å². The van der Waals surface area contributed by atoms with Gasteiger partial charge in [-0.15, -0.1) is 12.8 Å². The molecule has 1 unspecified atom stereocenters. The molecule has 12 nitrogen and oxygen atoms in total. The topological polar surface area (TPSA) is 144 Å². The molecule has 2 aliphatic heterocycles. The molecule has 1 saturated carbocycles. The van der Waals surface area contributed by atoms with Crippen molar-refractivity contribution in [3.63, 3.8) is 0 Å². The summed E-state index contributed by atoms with van der Waals surface area (Å²) in [6.07, 6.45) is 19.6. The van der Waals surface area contributed by atoms with Gasteiger partial charge in [-0.2, -0.15) is 5.10 Å². The normalized spacial score (nSPS) is 20.9. The molecule has 40 heavy (non-hydrogen) atoms. The van der Waals surface area contributed by atoms with Crippen molar-refractivity contribution in [2.45, 2.75) is 57.5 Å². The lowest BCUT2D eigenvalue weighted by atomic mass is 10.1. The van der Waals surface area contributed by atoms with Gasteiger partial charge in [-0.25, -0.2) is 0 Å². The molecule has 0 bridgehead atoms. The second-order valence-electron chi connectivity index (χ2n) is 10.1. The summed E-state index contributed by atoms with van der Waals surface area (Å²) in [5.74, 6) is 1.95. The Morgan fingerprint density at radius 3 is 2.80 bits per heavy atom. The van der Waals surface area contributed by atoms with E-state index in [4.69, 9.17) is 0 Å². The molecule has 5 N–H and O–H groups in total. The number of carbonyl (C=O) groups excluding carboxylic acids is 2. The van der Waals surface area contributed by atoms with Crippen LogP contribution in [0.4, 0.5) is 5.82 Å². The van der Waals surface area contributed by atoms with E-state index in [9.17, 15) is 9.59 Å². The first-order valence-electron chi connectivity index (χ1n) is 13.9. The first-order chi connectivity index (χ1) is 19.6. The number of likely N-dealkylation sites (tertiary alicyclic amines) is 1. The summed E-state index contributed by atoms with van der Waals surface area (Å²) in [5, 5.41) is 15.5. The molecule has 2 aromatic rings. The van der Waals surface area contributed by atoms with Crippen LogP contribution in [0.15, 0.2) is 34.4 Å². The van der Waals surface area contributed by atoms with E-state index in [0.717, 1.165) is 43.8 Å². The minimum atomic E-state index is -0.222. The van der Waals surface area contributed by atoms with E-state index in [1.54, 1.807) is 19.5 Å². The number of terminal acetylenes is 1. The number of amidine groups is 1. The van der Waals surface area contributed by atoms with Crippen molar-refractivity contribution >= 4 is 30.3 Å². The summed E-state index contributed by atoms with van der Waals surface area (Å²) in [6.45, 7) is 6.32. The zero-order chi connectivity index (χ0) is 28.7. The molecule has 4 heterocycles. The van der Waals surface area contributed by atoms with Gasteiger partial charge in [0.05, 0.1) is 0 Å². The quantitative estimate of drug-likeness (QED) is 0.275. The largest absolute Gasteiger partial charge is 0.355 e. The summed E-state index contributed by atoms with van der Waals surface area (Å²) >= 11 is 0. The van der Waals surface area contributed by atoms with Crippen molar-refractivity contribution in [3.05, 3.63) is 35.8 Å². The first kappa shape index (κ1) is 30.4. The lowest BCUT2D eigenvalue weighted by molar-refractivity contribution is -0.110. The SMILES string of the molecule is C#C.CNC(=O)c1cc(NC2=NCCC[C@H](C)N=CNn3cccc32)n[nH]1.O=CNC1CCCN(CC2CC2)C1. The monoisotopic (exact) mass is 550 g/mol. The Morgan fingerprint density at radius 1 is 1.23 bits per heavy atom. The average Bonchev–Trinajstić information content (AvgIpc) is 3.45. The Balaban J connectivity index is 0.000000246. The number of piperidine rings is 1. The van der Waals surface area contributed by atoms with E-state index in [1.165, 1.54) is 32.4 Å². The van der Waals surface area contributed by atoms with E-state index in [2.05, 4.69) is 66.2 Å². The highest BCUT2D eigenvalue weighted by atomic mass is 16.1. The van der Waals surface area contributed by atoms with Crippen LogP contribution in [-0.4, -0.2) is 89.6 Å². The summed E-state index contributed by atoms with van der Waals surface area (Å²) in [6, 6.07) is 6.17. The van der Waals surface area contributed by atoms with Gasteiger partial charge in [-0.1, -0.05) is 0 Å². The summed E-state index contributed by atoms with van der Waals surface area (Å²) < 4.78 is 1.83. The minimum absolute atomic E-state index is 0.222. The van der Waals surface area contributed by atoms with Crippen molar-refractivity contribution in [3.8, 4) is 12.8 Å². The Morgan fingerprint density at radius 2 is 2.05 bits per heavy atom. The predicted octanol–water partition coefficient (Wildman–Crippen LogP) is 2.04. The number of carbonyl (C=O) groups is 2. The molecule has 5 rings (SSSR count). The van der Waals surface area contributed by atoms with E-state index in [1.807, 2.05) is 23.0 Å². The zero-order valence-corrected chi connectivity index (χ0v) is 23.5. The minimum Gasteiger partial charge on any atom is -0.355 e. The number of nitrogens with one attached hydrogen (secondary N) is 5. The number of amides is 2. The molecule has 0 aromatic carbocycles.